The number of carbonyl (C=O) groups excluding carboxylic acids is 2. The second-order valence-corrected chi connectivity index (χ2v) is 6.25. The van der Waals surface area contributed by atoms with Crippen LogP contribution in [-0.4, -0.2) is 24.5 Å². The number of urea groups is 1. The molecule has 0 spiro atoms. The third kappa shape index (κ3) is 3.74. The summed E-state index contributed by atoms with van der Waals surface area (Å²) in [6.45, 7) is 2.10. The van der Waals surface area contributed by atoms with E-state index in [0.717, 1.165) is 0 Å². The van der Waals surface area contributed by atoms with Gasteiger partial charge in [0.25, 0.3) is 0 Å². The molecule has 2 aromatic carbocycles. The minimum atomic E-state index is -0.632. The van der Waals surface area contributed by atoms with E-state index in [1.54, 1.807) is 48.2 Å². The maximum absolute atomic E-state index is 13.4. The van der Waals surface area contributed by atoms with E-state index in [2.05, 4.69) is 10.6 Å². The van der Waals surface area contributed by atoms with E-state index in [1.165, 1.54) is 6.07 Å². The molecule has 7 heteroatoms. The molecule has 3 rings (SSSR count). The lowest BCUT2D eigenvalue weighted by atomic mass is 10.2. The average Bonchev–Trinajstić information content (AvgIpc) is 2.93. The molecular weight excluding hydrogens is 345 g/mol. The van der Waals surface area contributed by atoms with Gasteiger partial charge >= 0.3 is 6.03 Å². The Morgan fingerprint density at radius 3 is 2.76 bits per heavy atom. The summed E-state index contributed by atoms with van der Waals surface area (Å²) in [4.78, 5) is 26.2. The third-order valence-electron chi connectivity index (χ3n) is 4.09. The van der Waals surface area contributed by atoms with Gasteiger partial charge in [-0.25, -0.2) is 9.18 Å². The molecule has 1 aliphatic heterocycles. The van der Waals surface area contributed by atoms with Crippen molar-refractivity contribution >= 4 is 34.9 Å². The van der Waals surface area contributed by atoms with E-state index in [9.17, 15) is 14.0 Å². The summed E-state index contributed by atoms with van der Waals surface area (Å²) in [6, 6.07) is 10.2. The molecule has 1 aliphatic rings. The number of rotatable bonds is 3. The number of aryl methyl sites for hydroxylation is 1. The molecule has 0 radical (unpaired) electrons. The van der Waals surface area contributed by atoms with Crippen molar-refractivity contribution in [1.82, 2.24) is 5.32 Å². The number of benzene rings is 2. The fourth-order valence-electron chi connectivity index (χ4n) is 2.75. The van der Waals surface area contributed by atoms with Crippen LogP contribution >= 0.6 is 11.6 Å². The van der Waals surface area contributed by atoms with Gasteiger partial charge in [0.1, 0.15) is 11.9 Å². The minimum Gasteiger partial charge on any atom is -0.326 e. The maximum Gasteiger partial charge on any atom is 0.319 e. The zero-order chi connectivity index (χ0) is 18.0. The third-order valence-corrected chi connectivity index (χ3v) is 4.42. The van der Waals surface area contributed by atoms with Gasteiger partial charge in [-0.05, 0) is 49.2 Å². The van der Waals surface area contributed by atoms with Gasteiger partial charge in [0.15, 0.2) is 0 Å². The number of anilines is 2. The molecular formula is C18H17ClFN3O2. The van der Waals surface area contributed by atoms with Crippen LogP contribution in [0.25, 0.3) is 0 Å². The van der Waals surface area contributed by atoms with E-state index in [0.29, 0.717) is 34.9 Å². The normalized spacial score (nSPS) is 16.8. The number of halogens is 2. The first kappa shape index (κ1) is 17.2. The molecule has 2 aromatic rings. The molecule has 5 nitrogen and oxygen atoms in total. The maximum atomic E-state index is 13.4. The molecule has 2 N–H and O–H groups in total. The lowest BCUT2D eigenvalue weighted by Crippen LogP contribution is -2.43. The van der Waals surface area contributed by atoms with E-state index in [4.69, 9.17) is 11.6 Å². The number of hydrogen-bond acceptors (Lipinski definition) is 2. The number of para-hydroxylation sites is 1. The summed E-state index contributed by atoms with van der Waals surface area (Å²) < 4.78 is 13.4. The summed E-state index contributed by atoms with van der Waals surface area (Å²) in [5.74, 6) is -0.537. The fourth-order valence-corrected chi connectivity index (χ4v) is 2.93. The summed E-state index contributed by atoms with van der Waals surface area (Å²) in [6.07, 6.45) is 0.477. The Balaban J connectivity index is 1.65. The van der Waals surface area contributed by atoms with Gasteiger partial charge in [-0.1, -0.05) is 23.7 Å². The fraction of sp³-hybridized carbons (Fsp3) is 0.222. The van der Waals surface area contributed by atoms with E-state index < -0.39 is 12.1 Å². The Labute approximate surface area is 149 Å². The first-order valence-corrected chi connectivity index (χ1v) is 8.23. The highest BCUT2D eigenvalue weighted by Gasteiger charge is 2.33. The van der Waals surface area contributed by atoms with E-state index >= 15 is 0 Å². The Morgan fingerprint density at radius 1 is 1.28 bits per heavy atom. The molecule has 0 saturated carbocycles. The van der Waals surface area contributed by atoms with Crippen molar-refractivity contribution in [2.45, 2.75) is 19.4 Å². The summed E-state index contributed by atoms with van der Waals surface area (Å²) in [5.41, 5.74) is 1.57. The SMILES string of the molecule is Cc1cc(N2CC[C@H](NC(=O)Nc3ccccc3Cl)C2=O)ccc1F. The largest absolute Gasteiger partial charge is 0.326 e. The number of hydrogen-bond donors (Lipinski definition) is 2. The quantitative estimate of drug-likeness (QED) is 0.875. The van der Waals surface area contributed by atoms with Gasteiger partial charge in [-0.2, -0.15) is 0 Å². The van der Waals surface area contributed by atoms with Crippen molar-refractivity contribution in [1.29, 1.82) is 0 Å². The first-order valence-electron chi connectivity index (χ1n) is 7.85. The van der Waals surface area contributed by atoms with Crippen molar-refractivity contribution in [3.05, 3.63) is 58.9 Å². The molecule has 1 saturated heterocycles. The zero-order valence-electron chi connectivity index (χ0n) is 13.6. The van der Waals surface area contributed by atoms with E-state index in [-0.39, 0.29) is 11.7 Å². The second kappa shape index (κ2) is 7.11. The summed E-state index contributed by atoms with van der Waals surface area (Å²) >= 11 is 6.00. The van der Waals surface area contributed by atoms with Gasteiger partial charge in [-0.3, -0.25) is 4.79 Å². The lowest BCUT2D eigenvalue weighted by Gasteiger charge is -2.18. The summed E-state index contributed by atoms with van der Waals surface area (Å²) in [7, 11) is 0. The van der Waals surface area contributed by atoms with Crippen LogP contribution in [0.4, 0.5) is 20.6 Å². The average molecular weight is 362 g/mol. The van der Waals surface area contributed by atoms with Crippen molar-refractivity contribution in [3.63, 3.8) is 0 Å². The molecule has 1 fully saturated rings. The van der Waals surface area contributed by atoms with Crippen LogP contribution < -0.4 is 15.5 Å². The molecule has 1 heterocycles. The molecule has 3 amide bonds. The number of nitrogens with one attached hydrogen (secondary N) is 2. The van der Waals surface area contributed by atoms with Crippen LogP contribution in [0.2, 0.25) is 5.02 Å². The Morgan fingerprint density at radius 2 is 2.04 bits per heavy atom. The zero-order valence-corrected chi connectivity index (χ0v) is 14.3. The monoisotopic (exact) mass is 361 g/mol. The predicted octanol–water partition coefficient (Wildman–Crippen LogP) is 3.71. The van der Waals surface area contributed by atoms with Crippen LogP contribution in [0.15, 0.2) is 42.5 Å². The Bertz CT molecular complexity index is 828. The molecule has 1 atom stereocenters. The van der Waals surface area contributed by atoms with Crippen molar-refractivity contribution in [2.75, 3.05) is 16.8 Å². The predicted molar refractivity (Wildman–Crippen MR) is 95.5 cm³/mol. The molecule has 0 aromatic heterocycles. The molecule has 0 aliphatic carbocycles. The minimum absolute atomic E-state index is 0.222. The second-order valence-electron chi connectivity index (χ2n) is 5.84. The molecule has 0 unspecified atom stereocenters. The highest BCUT2D eigenvalue weighted by atomic mass is 35.5. The van der Waals surface area contributed by atoms with Gasteiger partial charge in [0.2, 0.25) is 5.91 Å². The molecule has 130 valence electrons. The highest BCUT2D eigenvalue weighted by Crippen LogP contribution is 2.24. The first-order chi connectivity index (χ1) is 12.0. The van der Waals surface area contributed by atoms with Crippen LogP contribution in [0.1, 0.15) is 12.0 Å². The van der Waals surface area contributed by atoms with Gasteiger partial charge < -0.3 is 15.5 Å². The van der Waals surface area contributed by atoms with E-state index in [1.807, 2.05) is 0 Å². The number of nitrogens with zero attached hydrogens (tertiary/aromatic N) is 1. The lowest BCUT2D eigenvalue weighted by molar-refractivity contribution is -0.118. The van der Waals surface area contributed by atoms with Gasteiger partial charge in [-0.15, -0.1) is 0 Å². The number of carbonyl (C=O) groups is 2. The van der Waals surface area contributed by atoms with Gasteiger partial charge in [0, 0.05) is 12.2 Å². The summed E-state index contributed by atoms with van der Waals surface area (Å²) in [5, 5.41) is 5.70. The van der Waals surface area contributed by atoms with Crippen LogP contribution in [0, 0.1) is 12.7 Å². The van der Waals surface area contributed by atoms with Crippen molar-refractivity contribution < 1.29 is 14.0 Å². The topological polar surface area (TPSA) is 61.4 Å². The van der Waals surface area contributed by atoms with Crippen LogP contribution in [-0.2, 0) is 4.79 Å². The van der Waals surface area contributed by atoms with Crippen molar-refractivity contribution in [3.8, 4) is 0 Å². The highest BCUT2D eigenvalue weighted by molar-refractivity contribution is 6.33. The molecule has 25 heavy (non-hydrogen) atoms. The smallest absolute Gasteiger partial charge is 0.319 e. The van der Waals surface area contributed by atoms with Crippen molar-refractivity contribution in [2.24, 2.45) is 0 Å². The van der Waals surface area contributed by atoms with Gasteiger partial charge in [0.05, 0.1) is 10.7 Å². The Hall–Kier alpha value is -2.60. The number of amides is 3. The standard InChI is InChI=1S/C18H17ClFN3O2/c1-11-10-12(6-7-14(11)20)23-9-8-16(17(23)24)22-18(25)21-15-5-3-2-4-13(15)19/h2-7,10,16H,8-9H2,1H3,(H2,21,22,25)/t16-/m0/s1. The molecule has 0 bridgehead atoms. The van der Waals surface area contributed by atoms with Crippen LogP contribution in [0.3, 0.4) is 0 Å². The van der Waals surface area contributed by atoms with Crippen LogP contribution in [0.5, 0.6) is 0 Å². The Kier molecular flexibility index (Phi) is 4.90.